The van der Waals surface area contributed by atoms with Gasteiger partial charge in [0.1, 0.15) is 0 Å². The lowest BCUT2D eigenvalue weighted by atomic mass is 10.0. The van der Waals surface area contributed by atoms with E-state index in [1.807, 2.05) is 6.07 Å². The van der Waals surface area contributed by atoms with Crippen LogP contribution in [0.15, 0.2) is 12.1 Å². The molecule has 0 atom stereocenters. The molecule has 0 radical (unpaired) electrons. The van der Waals surface area contributed by atoms with Gasteiger partial charge in [-0.2, -0.15) is 0 Å². The van der Waals surface area contributed by atoms with Crippen LogP contribution in [0.2, 0.25) is 0 Å². The van der Waals surface area contributed by atoms with Crippen LogP contribution in [-0.4, -0.2) is 11.9 Å². The van der Waals surface area contributed by atoms with Gasteiger partial charge >= 0.3 is 0 Å². The highest BCUT2D eigenvalue weighted by Gasteiger charge is 2.65. The van der Waals surface area contributed by atoms with Crippen LogP contribution in [0.3, 0.4) is 0 Å². The van der Waals surface area contributed by atoms with Gasteiger partial charge in [0.05, 0.1) is 11.4 Å². The fourth-order valence-electron chi connectivity index (χ4n) is 3.28. The second-order valence-electron chi connectivity index (χ2n) is 7.17. The van der Waals surface area contributed by atoms with E-state index in [0.717, 1.165) is 23.4 Å². The van der Waals surface area contributed by atoms with Crippen LogP contribution >= 0.6 is 0 Å². The SMILES string of the molecule is CC1(C)C(Nc2cc3c(cc2N)NC(=O)CC3)C1(C)C. The van der Waals surface area contributed by atoms with Crippen molar-refractivity contribution in [3.8, 4) is 0 Å². The number of hydrogen-bond donors (Lipinski definition) is 3. The number of anilines is 3. The van der Waals surface area contributed by atoms with Crippen LogP contribution in [0, 0.1) is 10.8 Å². The first-order valence-corrected chi connectivity index (χ1v) is 7.22. The number of nitrogen functional groups attached to an aromatic ring is 1. The summed E-state index contributed by atoms with van der Waals surface area (Å²) in [5.74, 6) is 0.0714. The first-order chi connectivity index (χ1) is 9.23. The minimum atomic E-state index is 0.0714. The minimum Gasteiger partial charge on any atom is -0.397 e. The lowest BCUT2D eigenvalue weighted by Gasteiger charge is -2.20. The van der Waals surface area contributed by atoms with E-state index >= 15 is 0 Å². The summed E-state index contributed by atoms with van der Waals surface area (Å²) < 4.78 is 0. The molecule has 4 N–H and O–H groups in total. The summed E-state index contributed by atoms with van der Waals surface area (Å²) >= 11 is 0. The number of aryl methyl sites for hydroxylation is 1. The van der Waals surface area contributed by atoms with Crippen molar-refractivity contribution in [3.05, 3.63) is 17.7 Å². The molecule has 0 unspecified atom stereocenters. The minimum absolute atomic E-state index is 0.0714. The molecule has 1 amide bonds. The predicted molar refractivity (Wildman–Crippen MR) is 82.8 cm³/mol. The Labute approximate surface area is 120 Å². The summed E-state index contributed by atoms with van der Waals surface area (Å²) in [5.41, 5.74) is 10.4. The maximum absolute atomic E-state index is 11.4. The molecule has 1 saturated carbocycles. The van der Waals surface area contributed by atoms with Crippen molar-refractivity contribution >= 4 is 23.0 Å². The van der Waals surface area contributed by atoms with Gasteiger partial charge in [-0.15, -0.1) is 0 Å². The highest BCUT2D eigenvalue weighted by Crippen LogP contribution is 2.64. The van der Waals surface area contributed by atoms with Crippen LogP contribution in [0.5, 0.6) is 0 Å². The van der Waals surface area contributed by atoms with Crippen molar-refractivity contribution in [2.45, 2.75) is 46.6 Å². The molecule has 4 nitrogen and oxygen atoms in total. The van der Waals surface area contributed by atoms with Gasteiger partial charge in [-0.3, -0.25) is 4.79 Å². The molecule has 0 spiro atoms. The molecule has 1 heterocycles. The largest absolute Gasteiger partial charge is 0.397 e. The monoisotopic (exact) mass is 273 g/mol. The summed E-state index contributed by atoms with van der Waals surface area (Å²) in [7, 11) is 0. The molecule has 1 aromatic carbocycles. The van der Waals surface area contributed by atoms with Crippen molar-refractivity contribution in [1.29, 1.82) is 0 Å². The first kappa shape index (κ1) is 13.3. The van der Waals surface area contributed by atoms with Crippen molar-refractivity contribution in [1.82, 2.24) is 0 Å². The van der Waals surface area contributed by atoms with Gasteiger partial charge in [-0.05, 0) is 34.9 Å². The van der Waals surface area contributed by atoms with E-state index in [9.17, 15) is 4.79 Å². The molecule has 1 aromatic rings. The predicted octanol–water partition coefficient (Wildman–Crippen LogP) is 3.00. The number of nitrogens with one attached hydrogen (secondary N) is 2. The molecule has 1 aliphatic carbocycles. The Kier molecular flexibility index (Phi) is 2.59. The zero-order chi connectivity index (χ0) is 14.7. The van der Waals surface area contributed by atoms with Gasteiger partial charge in [0.15, 0.2) is 0 Å². The fourth-order valence-corrected chi connectivity index (χ4v) is 3.28. The zero-order valence-corrected chi connectivity index (χ0v) is 12.6. The normalized spacial score (nSPS) is 22.9. The maximum Gasteiger partial charge on any atom is 0.224 e. The Morgan fingerprint density at radius 2 is 1.85 bits per heavy atom. The Hall–Kier alpha value is -1.71. The Bertz CT molecular complexity index is 576. The highest BCUT2D eigenvalue weighted by atomic mass is 16.1. The van der Waals surface area contributed by atoms with E-state index in [1.54, 1.807) is 0 Å². The molecule has 0 saturated heterocycles. The zero-order valence-electron chi connectivity index (χ0n) is 12.6. The standard InChI is InChI=1S/C16H23N3O/c1-15(2)14(16(15,3)4)19-12-7-9-5-6-13(20)18-11(9)8-10(12)17/h7-8,14,19H,5-6,17H2,1-4H3,(H,18,20). The molecule has 108 valence electrons. The summed E-state index contributed by atoms with van der Waals surface area (Å²) in [6.45, 7) is 9.11. The molecule has 4 heteroatoms. The maximum atomic E-state index is 11.4. The van der Waals surface area contributed by atoms with E-state index < -0.39 is 0 Å². The summed E-state index contributed by atoms with van der Waals surface area (Å²) in [4.78, 5) is 11.4. The number of carbonyl (C=O) groups excluding carboxylic acids is 1. The Morgan fingerprint density at radius 1 is 1.20 bits per heavy atom. The first-order valence-electron chi connectivity index (χ1n) is 7.22. The number of fused-ring (bicyclic) bond motifs is 1. The quantitative estimate of drug-likeness (QED) is 0.726. The van der Waals surface area contributed by atoms with E-state index in [-0.39, 0.29) is 16.7 Å². The number of rotatable bonds is 2. The molecule has 0 bridgehead atoms. The van der Waals surface area contributed by atoms with Crippen molar-refractivity contribution in [2.75, 3.05) is 16.4 Å². The number of nitrogens with two attached hydrogens (primary N) is 1. The summed E-state index contributed by atoms with van der Waals surface area (Å²) in [6.07, 6.45) is 1.34. The van der Waals surface area contributed by atoms with E-state index in [0.29, 0.717) is 18.2 Å². The second-order valence-corrected chi connectivity index (χ2v) is 7.17. The second kappa shape index (κ2) is 3.90. The smallest absolute Gasteiger partial charge is 0.224 e. The van der Waals surface area contributed by atoms with Crippen LogP contribution in [0.1, 0.15) is 39.7 Å². The average Bonchev–Trinajstić information content (AvgIpc) is 2.72. The molecule has 1 aliphatic heterocycles. The molecule has 0 aromatic heterocycles. The van der Waals surface area contributed by atoms with E-state index in [4.69, 9.17) is 5.73 Å². The lowest BCUT2D eigenvalue weighted by molar-refractivity contribution is -0.116. The Morgan fingerprint density at radius 3 is 2.45 bits per heavy atom. The molecular formula is C16H23N3O. The molecule has 20 heavy (non-hydrogen) atoms. The van der Waals surface area contributed by atoms with Gasteiger partial charge < -0.3 is 16.4 Å². The average molecular weight is 273 g/mol. The van der Waals surface area contributed by atoms with Gasteiger partial charge in [0.2, 0.25) is 5.91 Å². The Balaban J connectivity index is 1.87. The van der Waals surface area contributed by atoms with E-state index in [1.165, 1.54) is 0 Å². The highest BCUT2D eigenvalue weighted by molar-refractivity contribution is 5.95. The molecular weight excluding hydrogens is 250 g/mol. The third kappa shape index (κ3) is 1.78. The summed E-state index contributed by atoms with van der Waals surface area (Å²) in [6, 6.07) is 4.39. The molecule has 1 fully saturated rings. The van der Waals surface area contributed by atoms with Crippen LogP contribution in [-0.2, 0) is 11.2 Å². The van der Waals surface area contributed by atoms with Gasteiger partial charge in [-0.1, -0.05) is 27.7 Å². The molecule has 2 aliphatic rings. The third-order valence-electron chi connectivity index (χ3n) is 5.49. The number of benzene rings is 1. The third-order valence-corrected chi connectivity index (χ3v) is 5.49. The van der Waals surface area contributed by atoms with E-state index in [2.05, 4.69) is 44.4 Å². The number of amides is 1. The van der Waals surface area contributed by atoms with Gasteiger partial charge in [0, 0.05) is 18.2 Å². The van der Waals surface area contributed by atoms with Crippen LogP contribution in [0.4, 0.5) is 17.1 Å². The van der Waals surface area contributed by atoms with Crippen molar-refractivity contribution in [2.24, 2.45) is 10.8 Å². The van der Waals surface area contributed by atoms with Crippen LogP contribution < -0.4 is 16.4 Å². The van der Waals surface area contributed by atoms with Crippen molar-refractivity contribution < 1.29 is 4.79 Å². The molecule has 3 rings (SSSR count). The lowest BCUT2D eigenvalue weighted by Crippen LogP contribution is -2.20. The fraction of sp³-hybridized carbons (Fsp3) is 0.562. The van der Waals surface area contributed by atoms with Crippen LogP contribution in [0.25, 0.3) is 0 Å². The van der Waals surface area contributed by atoms with Gasteiger partial charge in [0.25, 0.3) is 0 Å². The van der Waals surface area contributed by atoms with Gasteiger partial charge in [-0.25, -0.2) is 0 Å². The number of carbonyl (C=O) groups is 1. The number of hydrogen-bond acceptors (Lipinski definition) is 3. The summed E-state index contributed by atoms with van der Waals surface area (Å²) in [5, 5.41) is 6.47. The van der Waals surface area contributed by atoms with Crippen molar-refractivity contribution in [3.63, 3.8) is 0 Å². The topological polar surface area (TPSA) is 67.2 Å².